The molecule has 0 aliphatic carbocycles. The fraction of sp³-hybridized carbons (Fsp3) is 0.429. The molecule has 1 aliphatic heterocycles. The van der Waals surface area contributed by atoms with Crippen LogP contribution in [0.2, 0.25) is 10.0 Å². The van der Waals surface area contributed by atoms with Crippen molar-refractivity contribution in [2.75, 3.05) is 13.1 Å². The zero-order valence-corrected chi connectivity index (χ0v) is 12.4. The zero-order chi connectivity index (χ0) is 13.9. The summed E-state index contributed by atoms with van der Waals surface area (Å²) in [6.45, 7) is 2.09. The molecular formula is C14H15Cl2N3O. The Balaban J connectivity index is 1.70. The molecule has 2 heterocycles. The molecule has 1 atom stereocenters. The van der Waals surface area contributed by atoms with Gasteiger partial charge in [0.1, 0.15) is 0 Å². The normalized spacial score (nSPS) is 18.6. The smallest absolute Gasteiger partial charge is 0.226 e. The molecule has 20 heavy (non-hydrogen) atoms. The number of nitrogens with zero attached hydrogens (tertiary/aromatic N) is 2. The van der Waals surface area contributed by atoms with E-state index in [1.807, 2.05) is 18.2 Å². The molecule has 0 saturated carbocycles. The first kappa shape index (κ1) is 13.9. The number of hydrogen-bond donors (Lipinski definition) is 1. The van der Waals surface area contributed by atoms with Gasteiger partial charge in [0, 0.05) is 22.9 Å². The Hall–Kier alpha value is -1.10. The highest BCUT2D eigenvalue weighted by molar-refractivity contribution is 6.36. The van der Waals surface area contributed by atoms with E-state index in [2.05, 4.69) is 15.5 Å². The number of nitrogens with one attached hydrogen (secondary N) is 1. The topological polar surface area (TPSA) is 51.0 Å². The second-order valence-corrected chi connectivity index (χ2v) is 5.86. The molecule has 6 heteroatoms. The SMILES string of the molecule is Clc1cccc(Cl)c1Cc1noc(CC2CCNC2)n1. The quantitative estimate of drug-likeness (QED) is 0.942. The molecule has 1 N–H and O–H groups in total. The first-order chi connectivity index (χ1) is 9.72. The number of aromatic nitrogens is 2. The monoisotopic (exact) mass is 311 g/mol. The molecule has 0 spiro atoms. The van der Waals surface area contributed by atoms with Crippen LogP contribution in [0.15, 0.2) is 22.7 Å². The van der Waals surface area contributed by atoms with Crippen molar-refractivity contribution in [1.29, 1.82) is 0 Å². The van der Waals surface area contributed by atoms with Gasteiger partial charge in [-0.2, -0.15) is 4.98 Å². The molecule has 1 unspecified atom stereocenters. The van der Waals surface area contributed by atoms with E-state index >= 15 is 0 Å². The second kappa shape index (κ2) is 6.12. The summed E-state index contributed by atoms with van der Waals surface area (Å²) >= 11 is 12.3. The van der Waals surface area contributed by atoms with Gasteiger partial charge in [0.2, 0.25) is 5.89 Å². The molecule has 1 fully saturated rings. The molecule has 0 bridgehead atoms. The number of benzene rings is 1. The average Bonchev–Trinajstić information content (AvgIpc) is 3.07. The van der Waals surface area contributed by atoms with Gasteiger partial charge in [0.05, 0.1) is 0 Å². The van der Waals surface area contributed by atoms with Crippen LogP contribution in [0.4, 0.5) is 0 Å². The third-order valence-corrected chi connectivity index (χ3v) is 4.24. The van der Waals surface area contributed by atoms with Gasteiger partial charge < -0.3 is 9.84 Å². The average molecular weight is 312 g/mol. The number of hydrogen-bond acceptors (Lipinski definition) is 4. The van der Waals surface area contributed by atoms with E-state index in [9.17, 15) is 0 Å². The molecule has 0 radical (unpaired) electrons. The summed E-state index contributed by atoms with van der Waals surface area (Å²) in [5.41, 5.74) is 0.839. The van der Waals surface area contributed by atoms with Crippen LogP contribution in [0.3, 0.4) is 0 Å². The molecule has 0 amide bonds. The lowest BCUT2D eigenvalue weighted by atomic mass is 10.1. The van der Waals surface area contributed by atoms with Crippen molar-refractivity contribution in [3.63, 3.8) is 0 Å². The Bertz CT molecular complexity index is 574. The lowest BCUT2D eigenvalue weighted by Crippen LogP contribution is -2.10. The molecule has 3 rings (SSSR count). The van der Waals surface area contributed by atoms with Crippen molar-refractivity contribution in [2.24, 2.45) is 5.92 Å². The maximum Gasteiger partial charge on any atom is 0.226 e. The second-order valence-electron chi connectivity index (χ2n) is 5.04. The van der Waals surface area contributed by atoms with E-state index in [4.69, 9.17) is 27.7 Å². The molecule has 4 nitrogen and oxygen atoms in total. The highest BCUT2D eigenvalue weighted by Crippen LogP contribution is 2.26. The fourth-order valence-electron chi connectivity index (χ4n) is 2.44. The Kier molecular flexibility index (Phi) is 4.24. The highest BCUT2D eigenvalue weighted by Gasteiger charge is 2.19. The predicted octanol–water partition coefficient (Wildman–Crippen LogP) is 3.12. The largest absolute Gasteiger partial charge is 0.339 e. The van der Waals surface area contributed by atoms with Gasteiger partial charge >= 0.3 is 0 Å². The molecular weight excluding hydrogens is 297 g/mol. The fourth-order valence-corrected chi connectivity index (χ4v) is 2.97. The van der Waals surface area contributed by atoms with E-state index in [0.717, 1.165) is 31.5 Å². The number of halogens is 2. The van der Waals surface area contributed by atoms with Crippen LogP contribution in [-0.2, 0) is 12.8 Å². The van der Waals surface area contributed by atoms with Crippen LogP contribution in [0.5, 0.6) is 0 Å². The van der Waals surface area contributed by atoms with Gasteiger partial charge in [-0.3, -0.25) is 0 Å². The van der Waals surface area contributed by atoms with Gasteiger partial charge in [-0.1, -0.05) is 34.4 Å². The van der Waals surface area contributed by atoms with Gasteiger partial charge in [-0.25, -0.2) is 0 Å². The minimum atomic E-state index is 0.491. The van der Waals surface area contributed by atoms with E-state index in [0.29, 0.717) is 34.1 Å². The minimum Gasteiger partial charge on any atom is -0.339 e. The van der Waals surface area contributed by atoms with E-state index in [1.165, 1.54) is 0 Å². The third-order valence-electron chi connectivity index (χ3n) is 3.53. The van der Waals surface area contributed by atoms with Gasteiger partial charge in [0.15, 0.2) is 5.82 Å². The van der Waals surface area contributed by atoms with Crippen molar-refractivity contribution in [1.82, 2.24) is 15.5 Å². The minimum absolute atomic E-state index is 0.491. The summed E-state index contributed by atoms with van der Waals surface area (Å²) in [6, 6.07) is 5.45. The third kappa shape index (κ3) is 3.14. The summed E-state index contributed by atoms with van der Waals surface area (Å²) in [5, 5.41) is 8.60. The Labute approximate surface area is 127 Å². The van der Waals surface area contributed by atoms with Crippen LogP contribution in [0, 0.1) is 5.92 Å². The molecule has 2 aromatic rings. The highest BCUT2D eigenvalue weighted by atomic mass is 35.5. The summed E-state index contributed by atoms with van der Waals surface area (Å²) in [6.07, 6.45) is 2.48. The van der Waals surface area contributed by atoms with Crippen LogP contribution in [-0.4, -0.2) is 23.2 Å². The van der Waals surface area contributed by atoms with Crippen LogP contribution in [0.25, 0.3) is 0 Å². The Morgan fingerprint density at radius 1 is 1.30 bits per heavy atom. The van der Waals surface area contributed by atoms with Crippen LogP contribution >= 0.6 is 23.2 Å². The maximum atomic E-state index is 6.14. The Morgan fingerprint density at radius 3 is 2.80 bits per heavy atom. The van der Waals surface area contributed by atoms with Crippen molar-refractivity contribution in [3.05, 3.63) is 45.5 Å². The summed E-state index contributed by atoms with van der Waals surface area (Å²) in [4.78, 5) is 4.43. The molecule has 1 saturated heterocycles. The first-order valence-corrected chi connectivity index (χ1v) is 7.43. The molecule has 1 aromatic carbocycles. The van der Waals surface area contributed by atoms with Crippen molar-refractivity contribution < 1.29 is 4.52 Å². The van der Waals surface area contributed by atoms with E-state index < -0.39 is 0 Å². The van der Waals surface area contributed by atoms with Crippen LogP contribution < -0.4 is 5.32 Å². The maximum absolute atomic E-state index is 6.14. The number of rotatable bonds is 4. The predicted molar refractivity (Wildman–Crippen MR) is 78.2 cm³/mol. The van der Waals surface area contributed by atoms with Gasteiger partial charge in [0.25, 0.3) is 0 Å². The van der Waals surface area contributed by atoms with Crippen molar-refractivity contribution in [3.8, 4) is 0 Å². The Morgan fingerprint density at radius 2 is 2.10 bits per heavy atom. The summed E-state index contributed by atoms with van der Waals surface area (Å²) < 4.78 is 5.30. The summed E-state index contributed by atoms with van der Waals surface area (Å²) in [5.74, 6) is 1.91. The van der Waals surface area contributed by atoms with Crippen molar-refractivity contribution >= 4 is 23.2 Å². The van der Waals surface area contributed by atoms with Crippen molar-refractivity contribution in [2.45, 2.75) is 19.3 Å². The lowest BCUT2D eigenvalue weighted by molar-refractivity contribution is 0.354. The van der Waals surface area contributed by atoms with Gasteiger partial charge in [-0.05, 0) is 43.1 Å². The molecule has 1 aromatic heterocycles. The molecule has 1 aliphatic rings. The standard InChI is InChI=1S/C14H15Cl2N3O/c15-11-2-1-3-12(16)10(11)7-13-18-14(20-19-13)6-9-4-5-17-8-9/h1-3,9,17H,4-8H2. The van der Waals surface area contributed by atoms with Gasteiger partial charge in [-0.15, -0.1) is 0 Å². The van der Waals surface area contributed by atoms with E-state index in [1.54, 1.807) is 0 Å². The first-order valence-electron chi connectivity index (χ1n) is 6.67. The van der Waals surface area contributed by atoms with Crippen LogP contribution in [0.1, 0.15) is 23.7 Å². The summed E-state index contributed by atoms with van der Waals surface area (Å²) in [7, 11) is 0. The lowest BCUT2D eigenvalue weighted by Gasteiger charge is -2.03. The zero-order valence-electron chi connectivity index (χ0n) is 10.9. The molecule has 106 valence electrons. The van der Waals surface area contributed by atoms with E-state index in [-0.39, 0.29) is 0 Å².